The fourth-order valence-corrected chi connectivity index (χ4v) is 11.8. The van der Waals surface area contributed by atoms with Crippen molar-refractivity contribution in [2.24, 2.45) is 5.73 Å². The number of nitrogens with two attached hydrogens (primary N) is 1. The molecular weight excluding hydrogens is 708 g/mol. The molecule has 0 saturated carbocycles. The molecule has 0 aliphatic rings. The van der Waals surface area contributed by atoms with Crippen molar-refractivity contribution in [3.8, 4) is 0 Å². The molecule has 3 aromatic carbocycles. The van der Waals surface area contributed by atoms with Crippen LogP contribution in [-0.2, 0) is 33.4 Å². The molecule has 14 heteroatoms. The molecule has 3 aromatic rings. The van der Waals surface area contributed by atoms with E-state index in [0.717, 1.165) is 25.4 Å². The molecule has 0 spiro atoms. The lowest BCUT2D eigenvalue weighted by Crippen LogP contribution is -2.49. The Bertz CT molecular complexity index is 1440. The van der Waals surface area contributed by atoms with Crippen molar-refractivity contribution in [2.45, 2.75) is 44.2 Å². The Labute approximate surface area is 308 Å². The number of carbonyl (C=O) groups excluding carboxylic acids is 5. The van der Waals surface area contributed by atoms with Gasteiger partial charge in [0.1, 0.15) is 41.8 Å². The highest BCUT2D eigenvalue weighted by Crippen LogP contribution is 2.55. The molecule has 0 aromatic heterocycles. The molecule has 0 aliphatic carbocycles. The lowest BCUT2D eigenvalue weighted by atomic mass is 10.1. The normalized spacial score (nSPS) is 12.2. The third-order valence-corrected chi connectivity index (χ3v) is 14.9. The Hall–Kier alpha value is -3.90. The van der Waals surface area contributed by atoms with Crippen LogP contribution in [0.25, 0.3) is 0 Å². The average Bonchev–Trinajstić information content (AvgIpc) is 3.17. The summed E-state index contributed by atoms with van der Waals surface area (Å²) in [4.78, 5) is 60.8. The second-order valence-electron chi connectivity index (χ2n) is 11.6. The van der Waals surface area contributed by atoms with Gasteiger partial charge in [0.15, 0.2) is 0 Å². The molecular formula is C37H48N4O7PS2+. The maximum absolute atomic E-state index is 12.7. The summed E-state index contributed by atoms with van der Waals surface area (Å²) in [6.45, 7) is 0.197. The molecule has 2 atom stereocenters. The predicted molar refractivity (Wildman–Crippen MR) is 208 cm³/mol. The van der Waals surface area contributed by atoms with Crippen LogP contribution in [0.1, 0.15) is 32.1 Å². The molecule has 5 N–H and O–H groups in total. The van der Waals surface area contributed by atoms with Crippen molar-refractivity contribution in [3.05, 3.63) is 91.0 Å². The molecule has 0 saturated heterocycles. The molecule has 0 aliphatic heterocycles. The van der Waals surface area contributed by atoms with Crippen LogP contribution in [0.5, 0.6) is 0 Å². The monoisotopic (exact) mass is 755 g/mol. The van der Waals surface area contributed by atoms with Crippen LogP contribution < -0.4 is 37.6 Å². The van der Waals surface area contributed by atoms with Gasteiger partial charge in [-0.1, -0.05) is 76.2 Å². The fourth-order valence-electron chi connectivity index (χ4n) is 5.38. The molecule has 274 valence electrons. The number of rotatable bonds is 22. The number of ether oxygens (including phenoxy) is 2. The maximum atomic E-state index is 12.7. The largest absolute Gasteiger partial charge is 0.468 e. The van der Waals surface area contributed by atoms with Gasteiger partial charge in [0.25, 0.3) is 0 Å². The number of methoxy groups -OCH3 is 2. The quantitative estimate of drug-likeness (QED) is 0.0519. The summed E-state index contributed by atoms with van der Waals surface area (Å²) in [6, 6.07) is 30.4. The average molecular weight is 756 g/mol. The van der Waals surface area contributed by atoms with Gasteiger partial charge in [-0.2, -0.15) is 0 Å². The summed E-state index contributed by atoms with van der Waals surface area (Å²) in [5, 5.41) is 12.1. The Morgan fingerprint density at radius 1 is 0.725 bits per heavy atom. The van der Waals surface area contributed by atoms with Crippen molar-refractivity contribution >= 4 is 74.4 Å². The first kappa shape index (κ1) is 41.5. The topological polar surface area (TPSA) is 166 Å². The summed E-state index contributed by atoms with van der Waals surface area (Å²) in [7, 11) is 3.02. The zero-order chi connectivity index (χ0) is 36.9. The van der Waals surface area contributed by atoms with Gasteiger partial charge in [0.05, 0.1) is 26.1 Å². The van der Waals surface area contributed by atoms with E-state index in [9.17, 15) is 24.0 Å². The number of unbranched alkanes of at least 4 members (excludes halogenated alkanes) is 2. The van der Waals surface area contributed by atoms with E-state index < -0.39 is 43.1 Å². The number of esters is 2. The van der Waals surface area contributed by atoms with E-state index in [4.69, 9.17) is 5.73 Å². The third kappa shape index (κ3) is 13.6. The number of carbonyl (C=O) groups is 5. The highest BCUT2D eigenvalue weighted by atomic mass is 33.1. The standard InChI is InChI=1S/C37H47N4O7PS2/c1-47-35(44)25-40-36(45)32(41-33(42)22-21-31(38)37(46)48-2)26-50-51-27-34(43)39-23-13-6-14-24-49(28-15-7-3-8-16-28,29-17-9-4-10-18-29)30-19-11-5-12-20-30/h3-5,7-12,15-20,31-32H,6,13-14,21-27,38H2,1-2H3,(H2-,39,40,41,42,43,45)/p+1. The number of hydrogen-bond acceptors (Lipinski definition) is 10. The maximum Gasteiger partial charge on any atom is 0.325 e. The first-order valence-corrected chi connectivity index (χ1v) is 21.2. The molecule has 0 radical (unpaired) electrons. The van der Waals surface area contributed by atoms with E-state index in [1.807, 2.05) is 0 Å². The van der Waals surface area contributed by atoms with E-state index in [1.54, 1.807) is 0 Å². The smallest absolute Gasteiger partial charge is 0.325 e. The van der Waals surface area contributed by atoms with E-state index >= 15 is 0 Å². The van der Waals surface area contributed by atoms with Crippen molar-refractivity contribution in [1.29, 1.82) is 0 Å². The number of amides is 3. The van der Waals surface area contributed by atoms with Crippen molar-refractivity contribution in [1.82, 2.24) is 16.0 Å². The summed E-state index contributed by atoms with van der Waals surface area (Å²) in [5.74, 6) is -2.19. The zero-order valence-electron chi connectivity index (χ0n) is 29.1. The van der Waals surface area contributed by atoms with E-state index in [2.05, 4.69) is 116 Å². The molecule has 11 nitrogen and oxygen atoms in total. The molecule has 3 amide bonds. The SMILES string of the molecule is COC(=O)CNC(=O)C(CSSCC(=O)NCCCCC[P+](c1ccccc1)(c1ccccc1)c1ccccc1)NC(=O)CCC(N)C(=O)OC. The molecule has 0 heterocycles. The van der Waals surface area contributed by atoms with Gasteiger partial charge in [-0.3, -0.25) is 24.0 Å². The fraction of sp³-hybridized carbons (Fsp3) is 0.378. The van der Waals surface area contributed by atoms with Crippen molar-refractivity contribution in [2.75, 3.05) is 45.0 Å². The number of nitrogens with one attached hydrogen (secondary N) is 3. The first-order valence-electron chi connectivity index (χ1n) is 16.7. The Morgan fingerprint density at radius 3 is 1.82 bits per heavy atom. The zero-order valence-corrected chi connectivity index (χ0v) is 31.6. The van der Waals surface area contributed by atoms with Crippen LogP contribution in [-0.4, -0.2) is 86.7 Å². The number of hydrogen-bond donors (Lipinski definition) is 4. The van der Waals surface area contributed by atoms with Crippen molar-refractivity contribution in [3.63, 3.8) is 0 Å². The molecule has 3 rings (SSSR count). The van der Waals surface area contributed by atoms with E-state index in [0.29, 0.717) is 6.54 Å². The van der Waals surface area contributed by atoms with E-state index in [1.165, 1.54) is 51.7 Å². The Morgan fingerprint density at radius 2 is 1.29 bits per heavy atom. The second-order valence-corrected chi connectivity index (χ2v) is 17.7. The van der Waals surface area contributed by atoms with Crippen LogP contribution in [0.3, 0.4) is 0 Å². The summed E-state index contributed by atoms with van der Waals surface area (Å²) in [5.41, 5.74) is 5.70. The molecule has 51 heavy (non-hydrogen) atoms. The Balaban J connectivity index is 1.46. The summed E-state index contributed by atoms with van der Waals surface area (Å²) in [6.07, 6.45) is 3.76. The van der Waals surface area contributed by atoms with Crippen LogP contribution in [0.4, 0.5) is 0 Å². The van der Waals surface area contributed by atoms with Gasteiger partial charge in [-0.05, 0) is 62.1 Å². The van der Waals surface area contributed by atoms with Crippen LogP contribution >= 0.6 is 28.9 Å². The van der Waals surface area contributed by atoms with Crippen LogP contribution in [0.15, 0.2) is 91.0 Å². The van der Waals surface area contributed by atoms with Crippen molar-refractivity contribution < 1.29 is 33.4 Å². The molecule has 0 fully saturated rings. The van der Waals surface area contributed by atoms with Gasteiger partial charge in [-0.15, -0.1) is 0 Å². The Kier molecular flexibility index (Phi) is 18.6. The van der Waals surface area contributed by atoms with Gasteiger partial charge in [0.2, 0.25) is 17.7 Å². The summed E-state index contributed by atoms with van der Waals surface area (Å²) >= 11 is 0. The van der Waals surface area contributed by atoms with Crippen LogP contribution in [0.2, 0.25) is 0 Å². The minimum atomic E-state index is -1.88. The second kappa shape index (κ2) is 22.8. The molecule has 2 unspecified atom stereocenters. The lowest BCUT2D eigenvalue weighted by molar-refractivity contribution is -0.142. The predicted octanol–water partition coefficient (Wildman–Crippen LogP) is 2.70. The number of benzene rings is 3. The van der Waals surface area contributed by atoms with Gasteiger partial charge < -0.3 is 31.2 Å². The highest BCUT2D eigenvalue weighted by Gasteiger charge is 2.44. The van der Waals surface area contributed by atoms with Gasteiger partial charge in [-0.25, -0.2) is 0 Å². The lowest BCUT2D eigenvalue weighted by Gasteiger charge is -2.27. The summed E-state index contributed by atoms with van der Waals surface area (Å²) < 4.78 is 9.13. The first-order chi connectivity index (χ1) is 24.7. The minimum absolute atomic E-state index is 0.0343. The third-order valence-electron chi connectivity index (χ3n) is 8.06. The highest BCUT2D eigenvalue weighted by molar-refractivity contribution is 8.76. The molecule has 0 bridgehead atoms. The minimum Gasteiger partial charge on any atom is -0.468 e. The van der Waals surface area contributed by atoms with Gasteiger partial charge >= 0.3 is 11.9 Å². The van der Waals surface area contributed by atoms with Crippen LogP contribution in [0, 0.1) is 0 Å². The van der Waals surface area contributed by atoms with Gasteiger partial charge in [0, 0.05) is 18.7 Å². The van der Waals surface area contributed by atoms with E-state index in [-0.39, 0.29) is 36.8 Å².